The predicted molar refractivity (Wildman–Crippen MR) is 161 cm³/mol. The first-order valence-electron chi connectivity index (χ1n) is 14.8. The molecule has 4 fully saturated rings. The fourth-order valence-electron chi connectivity index (χ4n) is 7.75. The second kappa shape index (κ2) is 11.5. The molecular weight excluding hydrogens is 555 g/mol. The van der Waals surface area contributed by atoms with Crippen molar-refractivity contribution < 1.29 is 13.2 Å². The van der Waals surface area contributed by atoms with E-state index >= 15 is 0 Å². The van der Waals surface area contributed by atoms with Gasteiger partial charge in [-0.15, -0.1) is 10.2 Å². The van der Waals surface area contributed by atoms with Crippen LogP contribution in [0.1, 0.15) is 57.9 Å². The Labute approximate surface area is 247 Å². The summed E-state index contributed by atoms with van der Waals surface area (Å²) in [5, 5.41) is 13.1. The summed E-state index contributed by atoms with van der Waals surface area (Å²) >= 11 is 1.39. The number of nitrogens with zero attached hydrogens (tertiary/aromatic N) is 4. The smallest absolute Gasteiger partial charge is 0.243 e. The Bertz CT molecular complexity index is 1470. The van der Waals surface area contributed by atoms with E-state index in [1.165, 1.54) is 35.3 Å². The molecule has 41 heavy (non-hydrogen) atoms. The maximum absolute atomic E-state index is 13.3. The van der Waals surface area contributed by atoms with Crippen LogP contribution in [-0.4, -0.2) is 57.8 Å². The van der Waals surface area contributed by atoms with E-state index < -0.39 is 10.0 Å². The van der Waals surface area contributed by atoms with Gasteiger partial charge in [0.25, 0.3) is 0 Å². The Kier molecular flexibility index (Phi) is 8.00. The maximum atomic E-state index is 13.3. The number of hydrogen-bond donors (Lipinski definition) is 1. The molecule has 7 rings (SSSR count). The molecule has 0 aliphatic heterocycles. The van der Waals surface area contributed by atoms with Gasteiger partial charge in [-0.3, -0.25) is 9.36 Å². The highest BCUT2D eigenvalue weighted by atomic mass is 32.2. The minimum atomic E-state index is -3.62. The number of carbonyl (C=O) groups is 1. The van der Waals surface area contributed by atoms with Gasteiger partial charge in [-0.2, -0.15) is 4.31 Å². The first kappa shape index (κ1) is 28.4. The van der Waals surface area contributed by atoms with Gasteiger partial charge in [0, 0.05) is 24.2 Å². The van der Waals surface area contributed by atoms with Crippen molar-refractivity contribution >= 4 is 27.7 Å². The monoisotopic (exact) mass is 593 g/mol. The maximum Gasteiger partial charge on any atom is 0.243 e. The average Bonchev–Trinajstić information content (AvgIpc) is 3.34. The fraction of sp³-hybridized carbons (Fsp3) is 0.516. The third-order valence-electron chi connectivity index (χ3n) is 9.11. The molecule has 218 valence electrons. The highest BCUT2D eigenvalue weighted by Crippen LogP contribution is 2.55. The van der Waals surface area contributed by atoms with Gasteiger partial charge in [0.15, 0.2) is 11.0 Å². The van der Waals surface area contributed by atoms with Crippen LogP contribution >= 0.6 is 11.8 Å². The quantitative estimate of drug-likeness (QED) is 0.307. The summed E-state index contributed by atoms with van der Waals surface area (Å²) < 4.78 is 29.9. The predicted octanol–water partition coefficient (Wildman–Crippen LogP) is 5.20. The van der Waals surface area contributed by atoms with E-state index in [4.69, 9.17) is 0 Å². The van der Waals surface area contributed by atoms with Crippen LogP contribution in [0.3, 0.4) is 0 Å². The average molecular weight is 594 g/mol. The summed E-state index contributed by atoms with van der Waals surface area (Å²) in [6.07, 6.45) is 7.38. The molecule has 0 spiro atoms. The SMILES string of the molecule is CCN(CC)S(=O)(=O)c1cccc(-c2nnc(SCC(=O)NC34CC5CC(CC(C5)C3)C4)n2Cc2ccccc2)c1. The summed E-state index contributed by atoms with van der Waals surface area (Å²) in [7, 11) is -3.62. The van der Waals surface area contributed by atoms with Gasteiger partial charge in [0.1, 0.15) is 0 Å². The van der Waals surface area contributed by atoms with E-state index in [0.29, 0.717) is 36.2 Å². The number of nitrogens with one attached hydrogen (secondary N) is 1. The van der Waals surface area contributed by atoms with Crippen molar-refractivity contribution in [3.63, 3.8) is 0 Å². The number of hydrogen-bond acceptors (Lipinski definition) is 6. The van der Waals surface area contributed by atoms with Gasteiger partial charge in [-0.1, -0.05) is 68.1 Å². The highest BCUT2D eigenvalue weighted by molar-refractivity contribution is 7.99. The number of carbonyl (C=O) groups excluding carboxylic acids is 1. The van der Waals surface area contributed by atoms with Gasteiger partial charge in [0.2, 0.25) is 15.9 Å². The molecule has 4 aliphatic rings. The van der Waals surface area contributed by atoms with Crippen molar-refractivity contribution in [3.05, 3.63) is 60.2 Å². The molecule has 0 atom stereocenters. The zero-order valence-corrected chi connectivity index (χ0v) is 25.5. The third kappa shape index (κ3) is 5.83. The van der Waals surface area contributed by atoms with Crippen molar-refractivity contribution in [2.45, 2.75) is 74.5 Å². The Morgan fingerprint density at radius 2 is 1.63 bits per heavy atom. The van der Waals surface area contributed by atoms with Crippen LogP contribution in [0.2, 0.25) is 0 Å². The zero-order chi connectivity index (χ0) is 28.6. The number of sulfonamides is 1. The van der Waals surface area contributed by atoms with Crippen molar-refractivity contribution in [2.24, 2.45) is 17.8 Å². The second-order valence-corrected chi connectivity index (χ2v) is 14.9. The number of benzene rings is 2. The lowest BCUT2D eigenvalue weighted by Crippen LogP contribution is -2.60. The molecular formula is C31H39N5O3S2. The Hall–Kier alpha value is -2.69. The van der Waals surface area contributed by atoms with Crippen LogP contribution in [0.15, 0.2) is 64.6 Å². The van der Waals surface area contributed by atoms with Crippen LogP contribution in [0.4, 0.5) is 0 Å². The van der Waals surface area contributed by atoms with Crippen molar-refractivity contribution in [3.8, 4) is 11.4 Å². The van der Waals surface area contributed by atoms with Gasteiger partial charge in [-0.05, 0) is 74.0 Å². The van der Waals surface area contributed by atoms with E-state index in [0.717, 1.165) is 42.6 Å². The molecule has 0 unspecified atom stereocenters. The van der Waals surface area contributed by atoms with Gasteiger partial charge in [-0.25, -0.2) is 8.42 Å². The van der Waals surface area contributed by atoms with Gasteiger partial charge in [0.05, 0.1) is 17.2 Å². The van der Waals surface area contributed by atoms with E-state index in [2.05, 4.69) is 15.5 Å². The lowest BCUT2D eigenvalue weighted by molar-refractivity contribution is -0.124. The lowest BCUT2D eigenvalue weighted by atomic mass is 9.53. The molecule has 1 amide bonds. The molecule has 4 aliphatic carbocycles. The zero-order valence-electron chi connectivity index (χ0n) is 23.8. The summed E-state index contributed by atoms with van der Waals surface area (Å²) in [4.78, 5) is 13.5. The molecule has 1 aromatic heterocycles. The van der Waals surface area contributed by atoms with E-state index in [-0.39, 0.29) is 22.1 Å². The van der Waals surface area contributed by atoms with Crippen molar-refractivity contribution in [1.82, 2.24) is 24.4 Å². The molecule has 1 heterocycles. The highest BCUT2D eigenvalue weighted by Gasteiger charge is 2.51. The molecule has 0 saturated heterocycles. The van der Waals surface area contributed by atoms with E-state index in [1.54, 1.807) is 18.2 Å². The van der Waals surface area contributed by atoms with Crippen LogP contribution in [-0.2, 0) is 21.4 Å². The van der Waals surface area contributed by atoms with Crippen molar-refractivity contribution in [2.75, 3.05) is 18.8 Å². The standard InChI is InChI=1S/C31H39N5O3S2/c1-3-35(4-2)41(38,39)27-12-8-11-26(16-27)29-33-34-30(36(29)20-22-9-6-5-7-10-22)40-21-28(37)32-31-17-23-13-24(18-31)15-25(14-23)19-31/h5-12,16,23-25H,3-4,13-15,17-21H2,1-2H3,(H,32,37). The van der Waals surface area contributed by atoms with Crippen LogP contribution in [0.5, 0.6) is 0 Å². The summed E-state index contributed by atoms with van der Waals surface area (Å²) in [5.74, 6) is 3.21. The molecule has 0 radical (unpaired) electrons. The second-order valence-electron chi connectivity index (χ2n) is 12.0. The molecule has 4 saturated carbocycles. The first-order chi connectivity index (χ1) is 19.8. The first-order valence-corrected chi connectivity index (χ1v) is 17.2. The topological polar surface area (TPSA) is 97.2 Å². The molecule has 3 aromatic rings. The van der Waals surface area contributed by atoms with Crippen molar-refractivity contribution in [1.29, 1.82) is 0 Å². The molecule has 2 aromatic carbocycles. The van der Waals surface area contributed by atoms with E-state index in [9.17, 15) is 13.2 Å². The number of aromatic nitrogens is 3. The minimum absolute atomic E-state index is 0.0218. The summed E-state index contributed by atoms with van der Waals surface area (Å²) in [6, 6.07) is 16.9. The summed E-state index contributed by atoms with van der Waals surface area (Å²) in [6.45, 7) is 4.99. The summed E-state index contributed by atoms with van der Waals surface area (Å²) in [5.41, 5.74) is 1.72. The minimum Gasteiger partial charge on any atom is -0.350 e. The van der Waals surface area contributed by atoms with Crippen LogP contribution in [0, 0.1) is 17.8 Å². The van der Waals surface area contributed by atoms with Crippen LogP contribution < -0.4 is 5.32 Å². The molecule has 10 heteroatoms. The Morgan fingerprint density at radius 3 is 2.27 bits per heavy atom. The number of thioether (sulfide) groups is 1. The lowest BCUT2D eigenvalue weighted by Gasteiger charge is -2.56. The van der Waals surface area contributed by atoms with E-state index in [1.807, 2.05) is 54.8 Å². The molecule has 4 bridgehead atoms. The van der Waals surface area contributed by atoms with Gasteiger partial charge < -0.3 is 5.32 Å². The number of rotatable bonds is 11. The van der Waals surface area contributed by atoms with Crippen LogP contribution in [0.25, 0.3) is 11.4 Å². The Morgan fingerprint density at radius 1 is 0.976 bits per heavy atom. The third-order valence-corrected chi connectivity index (χ3v) is 12.1. The fourth-order valence-corrected chi connectivity index (χ4v) is 9.99. The normalized spacial score (nSPS) is 25.1. The van der Waals surface area contributed by atoms with Gasteiger partial charge >= 0.3 is 0 Å². The molecule has 8 nitrogen and oxygen atoms in total. The Balaban J connectivity index is 1.24. The largest absolute Gasteiger partial charge is 0.350 e. The number of amides is 1. The molecule has 1 N–H and O–H groups in total.